The van der Waals surface area contributed by atoms with Gasteiger partial charge in [-0.25, -0.2) is 0 Å². The molecule has 0 amide bonds. The number of ether oxygens (including phenoxy) is 5. The molecule has 35 heavy (non-hydrogen) atoms. The van der Waals surface area contributed by atoms with E-state index in [0.717, 1.165) is 71.0 Å². The van der Waals surface area contributed by atoms with Crippen LogP contribution in [0.15, 0.2) is 12.2 Å². The number of carbonyl (C=O) groups excluding carboxylic acids is 1. The summed E-state index contributed by atoms with van der Waals surface area (Å²) < 4.78 is 29.7. The molecule has 0 aromatic carbocycles. The predicted molar refractivity (Wildman–Crippen MR) is 132 cm³/mol. The van der Waals surface area contributed by atoms with Gasteiger partial charge in [0.05, 0.1) is 49.3 Å². The van der Waals surface area contributed by atoms with Gasteiger partial charge in [-0.05, 0) is 56.9 Å². The second-order valence-corrected chi connectivity index (χ2v) is 11.2. The molecule has 4 fully saturated rings. The van der Waals surface area contributed by atoms with Gasteiger partial charge in [-0.15, -0.1) is 0 Å². The number of unbranched alkanes of at least 4 members (excludes halogenated alkanes) is 2. The zero-order valence-electron chi connectivity index (χ0n) is 21.7. The fraction of sp³-hybridized carbons (Fsp3) is 0.893. The van der Waals surface area contributed by atoms with E-state index in [9.17, 15) is 9.90 Å². The summed E-state index contributed by atoms with van der Waals surface area (Å²) in [5, 5.41) is 10.9. The van der Waals surface area contributed by atoms with E-state index in [1.165, 1.54) is 5.57 Å². The lowest BCUT2D eigenvalue weighted by atomic mass is 9.87. The van der Waals surface area contributed by atoms with E-state index in [1.807, 2.05) is 0 Å². The Balaban J connectivity index is 1.16. The van der Waals surface area contributed by atoms with E-state index in [1.54, 1.807) is 7.11 Å². The Morgan fingerprint density at radius 3 is 2.69 bits per heavy atom. The van der Waals surface area contributed by atoms with Gasteiger partial charge in [0.15, 0.2) is 0 Å². The van der Waals surface area contributed by atoms with Crippen LogP contribution in [0.2, 0.25) is 0 Å². The molecule has 0 spiro atoms. The Morgan fingerprint density at radius 2 is 1.97 bits per heavy atom. The molecule has 0 bridgehead atoms. The summed E-state index contributed by atoms with van der Waals surface area (Å²) in [4.78, 5) is 12.6. The van der Waals surface area contributed by atoms with Gasteiger partial charge in [0.25, 0.3) is 0 Å². The standard InChI is InChI=1S/C28H46O7/c1-18-13-22(33-17-18)7-5-4-6-8-25(31-3)27-16-24(30)28-26(35-27)10-9-23(34-28)15-21(29)14-20-11-12-32-19(20)2/h19-20,22-28,30H,1,4-17H2,2-3H3/t19-,20?,22?,23?,24?,25?,26?,27?,28+/m0/s1. The molecule has 0 aliphatic carbocycles. The second-order valence-electron chi connectivity index (χ2n) is 11.2. The third-order valence-electron chi connectivity index (χ3n) is 8.44. The van der Waals surface area contributed by atoms with Crippen LogP contribution in [0, 0.1) is 5.92 Å². The van der Waals surface area contributed by atoms with Gasteiger partial charge >= 0.3 is 0 Å². The Kier molecular flexibility index (Phi) is 10.2. The highest BCUT2D eigenvalue weighted by molar-refractivity contribution is 5.79. The van der Waals surface area contributed by atoms with Crippen molar-refractivity contribution in [3.8, 4) is 0 Å². The number of methoxy groups -OCH3 is 1. The first-order valence-electron chi connectivity index (χ1n) is 13.9. The van der Waals surface area contributed by atoms with Crippen molar-refractivity contribution in [1.82, 2.24) is 0 Å². The molecule has 4 aliphatic rings. The number of hydrogen-bond donors (Lipinski definition) is 1. The van der Waals surface area contributed by atoms with Crippen LogP contribution in [-0.2, 0) is 28.5 Å². The normalized spacial score (nSPS) is 38.4. The first kappa shape index (κ1) is 27.2. The number of aliphatic hydroxyl groups excluding tert-OH is 1. The number of hydrogen-bond acceptors (Lipinski definition) is 7. The molecule has 9 atom stereocenters. The third-order valence-corrected chi connectivity index (χ3v) is 8.44. The smallest absolute Gasteiger partial charge is 0.135 e. The number of fused-ring (bicyclic) bond motifs is 1. The number of carbonyl (C=O) groups is 1. The van der Waals surface area contributed by atoms with E-state index < -0.39 is 6.10 Å². The van der Waals surface area contributed by atoms with E-state index in [-0.39, 0.29) is 42.4 Å². The van der Waals surface area contributed by atoms with E-state index in [2.05, 4.69) is 13.5 Å². The van der Waals surface area contributed by atoms with Crippen molar-refractivity contribution in [1.29, 1.82) is 0 Å². The lowest BCUT2D eigenvalue weighted by Gasteiger charge is -2.46. The minimum Gasteiger partial charge on any atom is -0.390 e. The summed E-state index contributed by atoms with van der Waals surface area (Å²) in [6.07, 6.45) is 9.57. The second kappa shape index (κ2) is 13.1. The first-order chi connectivity index (χ1) is 16.9. The van der Waals surface area contributed by atoms with Crippen LogP contribution in [0.25, 0.3) is 0 Å². The molecule has 4 aliphatic heterocycles. The van der Waals surface area contributed by atoms with E-state index >= 15 is 0 Å². The van der Waals surface area contributed by atoms with Crippen LogP contribution in [-0.4, -0.2) is 80.0 Å². The SMILES string of the molecule is C=C1COC(CCCCCC(OC)C2CC(O)[C@H]3OC(CC(=O)CC4CCO[C@H]4C)CCC3O2)C1. The van der Waals surface area contributed by atoms with Crippen molar-refractivity contribution in [3.05, 3.63) is 12.2 Å². The minimum absolute atomic E-state index is 0.0250. The molecule has 0 saturated carbocycles. The maximum atomic E-state index is 12.6. The summed E-state index contributed by atoms with van der Waals surface area (Å²) in [7, 11) is 1.74. The topological polar surface area (TPSA) is 83.5 Å². The van der Waals surface area contributed by atoms with Crippen molar-refractivity contribution < 1.29 is 33.6 Å². The monoisotopic (exact) mass is 494 g/mol. The highest BCUT2D eigenvalue weighted by atomic mass is 16.6. The zero-order chi connectivity index (χ0) is 24.8. The highest BCUT2D eigenvalue weighted by Crippen LogP contribution is 2.35. The quantitative estimate of drug-likeness (QED) is 0.322. The Bertz CT molecular complexity index is 697. The Hall–Kier alpha value is -0.830. The van der Waals surface area contributed by atoms with Gasteiger partial charge in [-0.3, -0.25) is 4.79 Å². The maximum Gasteiger partial charge on any atom is 0.135 e. The molecule has 0 aromatic rings. The number of rotatable bonds is 12. The van der Waals surface area contributed by atoms with Crippen LogP contribution >= 0.6 is 0 Å². The largest absolute Gasteiger partial charge is 0.390 e. The summed E-state index contributed by atoms with van der Waals surface area (Å²) in [5.41, 5.74) is 1.21. The van der Waals surface area contributed by atoms with Crippen molar-refractivity contribution in [2.45, 2.75) is 133 Å². The summed E-state index contributed by atoms with van der Waals surface area (Å²) in [6, 6.07) is 0. The molecule has 200 valence electrons. The fourth-order valence-corrected chi connectivity index (χ4v) is 6.30. The van der Waals surface area contributed by atoms with Gasteiger partial charge in [0.2, 0.25) is 0 Å². The van der Waals surface area contributed by atoms with Crippen LogP contribution < -0.4 is 0 Å². The van der Waals surface area contributed by atoms with E-state index in [0.29, 0.717) is 31.3 Å². The van der Waals surface area contributed by atoms with Crippen molar-refractivity contribution in [2.75, 3.05) is 20.3 Å². The molecular formula is C28H46O7. The van der Waals surface area contributed by atoms with Crippen molar-refractivity contribution in [3.63, 3.8) is 0 Å². The predicted octanol–water partition coefficient (Wildman–Crippen LogP) is 4.14. The van der Waals surface area contributed by atoms with Gasteiger partial charge in [-0.2, -0.15) is 0 Å². The molecule has 1 N–H and O–H groups in total. The summed E-state index contributed by atoms with van der Waals surface area (Å²) >= 11 is 0. The molecule has 0 aromatic heterocycles. The van der Waals surface area contributed by atoms with Crippen LogP contribution in [0.3, 0.4) is 0 Å². The van der Waals surface area contributed by atoms with Crippen LogP contribution in [0.1, 0.15) is 84.0 Å². The molecule has 7 unspecified atom stereocenters. The lowest BCUT2D eigenvalue weighted by molar-refractivity contribution is -0.243. The lowest BCUT2D eigenvalue weighted by Crippen LogP contribution is -2.56. The minimum atomic E-state index is -0.592. The average molecular weight is 495 g/mol. The molecule has 7 heteroatoms. The Morgan fingerprint density at radius 1 is 1.11 bits per heavy atom. The summed E-state index contributed by atoms with van der Waals surface area (Å²) in [5.74, 6) is 0.564. The third kappa shape index (κ3) is 7.59. The van der Waals surface area contributed by atoms with Gasteiger partial charge in [0, 0.05) is 33.0 Å². The molecule has 4 saturated heterocycles. The number of aliphatic hydroxyl groups is 1. The molecule has 0 radical (unpaired) electrons. The summed E-state index contributed by atoms with van der Waals surface area (Å²) in [6.45, 7) is 7.52. The molecule has 4 rings (SSSR count). The average Bonchev–Trinajstić information content (AvgIpc) is 3.44. The zero-order valence-corrected chi connectivity index (χ0v) is 21.7. The van der Waals surface area contributed by atoms with E-state index in [4.69, 9.17) is 23.7 Å². The van der Waals surface area contributed by atoms with Crippen molar-refractivity contribution in [2.24, 2.45) is 5.92 Å². The van der Waals surface area contributed by atoms with Crippen LogP contribution in [0.4, 0.5) is 0 Å². The molecule has 4 heterocycles. The van der Waals surface area contributed by atoms with Gasteiger partial charge < -0.3 is 28.8 Å². The van der Waals surface area contributed by atoms with Crippen molar-refractivity contribution >= 4 is 5.78 Å². The molecular weight excluding hydrogens is 448 g/mol. The molecule has 7 nitrogen and oxygen atoms in total. The van der Waals surface area contributed by atoms with Gasteiger partial charge in [-0.1, -0.05) is 25.8 Å². The van der Waals surface area contributed by atoms with Crippen LogP contribution in [0.5, 0.6) is 0 Å². The Labute approximate surface area is 210 Å². The highest BCUT2D eigenvalue weighted by Gasteiger charge is 2.45. The number of ketones is 1. The number of Topliss-reactive ketones (excluding diaryl/α,β-unsaturated/α-hetero) is 1. The first-order valence-corrected chi connectivity index (χ1v) is 13.9. The maximum absolute atomic E-state index is 12.6. The fourth-order valence-electron chi connectivity index (χ4n) is 6.30. The van der Waals surface area contributed by atoms with Gasteiger partial charge in [0.1, 0.15) is 11.9 Å².